The summed E-state index contributed by atoms with van der Waals surface area (Å²) in [6.45, 7) is 4.62. The first-order valence-electron chi connectivity index (χ1n) is 5.92. The number of thiazole rings is 1. The Balaban J connectivity index is 1.94. The Labute approximate surface area is 101 Å². The Hall–Kier alpha value is -0.450. The van der Waals surface area contributed by atoms with E-state index in [0.29, 0.717) is 5.41 Å². The lowest BCUT2D eigenvalue weighted by Crippen LogP contribution is -2.37. The molecule has 2 heterocycles. The summed E-state index contributed by atoms with van der Waals surface area (Å²) in [7, 11) is 0. The maximum absolute atomic E-state index is 5.95. The monoisotopic (exact) mass is 240 g/mol. The predicted molar refractivity (Wildman–Crippen MR) is 66.7 cm³/mol. The fourth-order valence-corrected chi connectivity index (χ4v) is 3.09. The summed E-state index contributed by atoms with van der Waals surface area (Å²) in [6, 6.07) is 0. The number of hydrogen-bond acceptors (Lipinski definition) is 4. The molecule has 0 aliphatic carbocycles. The third-order valence-electron chi connectivity index (χ3n) is 3.71. The van der Waals surface area contributed by atoms with Crippen LogP contribution in [0, 0.1) is 12.3 Å². The van der Waals surface area contributed by atoms with E-state index in [0.717, 1.165) is 39.0 Å². The molecule has 0 atom stereocenters. The molecule has 2 rings (SSSR count). The number of nitrogens with two attached hydrogens (primary N) is 1. The minimum atomic E-state index is 0.314. The molecule has 0 unspecified atom stereocenters. The Kier molecular flexibility index (Phi) is 3.95. The Morgan fingerprint density at radius 2 is 2.25 bits per heavy atom. The maximum atomic E-state index is 5.95. The minimum absolute atomic E-state index is 0.314. The Morgan fingerprint density at radius 3 is 2.81 bits per heavy atom. The van der Waals surface area contributed by atoms with E-state index >= 15 is 0 Å². The number of nitrogens with zero attached hydrogens (tertiary/aromatic N) is 1. The zero-order chi connectivity index (χ0) is 11.4. The molecular formula is C12H20N2OS. The van der Waals surface area contributed by atoms with Crippen molar-refractivity contribution in [1.82, 2.24) is 4.98 Å². The van der Waals surface area contributed by atoms with Crippen molar-refractivity contribution >= 4 is 11.3 Å². The Morgan fingerprint density at radius 1 is 1.50 bits per heavy atom. The van der Waals surface area contributed by atoms with Crippen molar-refractivity contribution in [2.75, 3.05) is 19.8 Å². The zero-order valence-electron chi connectivity index (χ0n) is 9.87. The molecular weight excluding hydrogens is 220 g/mol. The first-order valence-corrected chi connectivity index (χ1v) is 6.80. The fourth-order valence-electron chi connectivity index (χ4n) is 2.31. The van der Waals surface area contributed by atoms with Crippen LogP contribution in [-0.2, 0) is 11.2 Å². The topological polar surface area (TPSA) is 48.1 Å². The lowest BCUT2D eigenvalue weighted by molar-refractivity contribution is 0.0149. The summed E-state index contributed by atoms with van der Waals surface area (Å²) in [5.74, 6) is 0. The van der Waals surface area contributed by atoms with Gasteiger partial charge in [-0.3, -0.25) is 0 Å². The van der Waals surface area contributed by atoms with E-state index in [1.54, 1.807) is 11.3 Å². The molecule has 1 saturated heterocycles. The van der Waals surface area contributed by atoms with Crippen LogP contribution in [0.3, 0.4) is 0 Å². The second-order valence-corrected chi connectivity index (χ2v) is 5.62. The summed E-state index contributed by atoms with van der Waals surface area (Å²) in [4.78, 5) is 5.71. The van der Waals surface area contributed by atoms with Gasteiger partial charge in [-0.25, -0.2) is 4.98 Å². The highest BCUT2D eigenvalue weighted by molar-refractivity contribution is 7.09. The summed E-state index contributed by atoms with van der Waals surface area (Å²) < 4.78 is 5.42. The van der Waals surface area contributed by atoms with Gasteiger partial charge in [-0.15, -0.1) is 11.3 Å². The maximum Gasteiger partial charge on any atom is 0.0797 e. The van der Waals surface area contributed by atoms with Crippen molar-refractivity contribution < 1.29 is 4.74 Å². The van der Waals surface area contributed by atoms with Crippen molar-refractivity contribution in [1.29, 1.82) is 0 Å². The third-order valence-corrected chi connectivity index (χ3v) is 4.71. The molecule has 1 aromatic rings. The number of aryl methyl sites for hydroxylation is 2. The van der Waals surface area contributed by atoms with Gasteiger partial charge in [0.05, 0.1) is 11.2 Å². The highest BCUT2D eigenvalue weighted by Gasteiger charge is 2.30. The van der Waals surface area contributed by atoms with Gasteiger partial charge in [-0.05, 0) is 44.6 Å². The van der Waals surface area contributed by atoms with Gasteiger partial charge in [-0.1, -0.05) is 0 Å². The molecule has 0 amide bonds. The van der Waals surface area contributed by atoms with Gasteiger partial charge in [-0.2, -0.15) is 0 Å². The molecule has 1 aromatic heterocycles. The van der Waals surface area contributed by atoms with E-state index in [-0.39, 0.29) is 0 Å². The molecule has 0 bridgehead atoms. The van der Waals surface area contributed by atoms with Gasteiger partial charge < -0.3 is 10.5 Å². The minimum Gasteiger partial charge on any atom is -0.381 e. The Bertz CT molecular complexity index is 332. The van der Waals surface area contributed by atoms with Crippen molar-refractivity contribution in [3.63, 3.8) is 0 Å². The highest BCUT2D eigenvalue weighted by atomic mass is 32.1. The lowest BCUT2D eigenvalue weighted by Gasteiger charge is -2.36. The van der Waals surface area contributed by atoms with E-state index in [2.05, 4.69) is 11.9 Å². The summed E-state index contributed by atoms with van der Waals surface area (Å²) in [5, 5.41) is 0. The van der Waals surface area contributed by atoms with Crippen molar-refractivity contribution in [2.45, 2.75) is 32.6 Å². The molecule has 2 N–H and O–H groups in total. The van der Waals surface area contributed by atoms with Crippen LogP contribution in [0.2, 0.25) is 0 Å². The number of aromatic nitrogens is 1. The van der Waals surface area contributed by atoms with Crippen LogP contribution in [-0.4, -0.2) is 24.7 Å². The number of hydrogen-bond donors (Lipinski definition) is 1. The number of ether oxygens (including phenoxy) is 1. The molecule has 1 fully saturated rings. The fraction of sp³-hybridized carbons (Fsp3) is 0.750. The van der Waals surface area contributed by atoms with E-state index < -0.39 is 0 Å². The first kappa shape index (κ1) is 12.0. The van der Waals surface area contributed by atoms with E-state index in [1.807, 2.05) is 5.51 Å². The molecule has 0 radical (unpaired) electrons. The molecule has 1 aliphatic rings. The van der Waals surface area contributed by atoms with E-state index in [1.165, 1.54) is 17.0 Å². The second kappa shape index (κ2) is 5.25. The molecule has 1 aliphatic heterocycles. The molecule has 3 nitrogen and oxygen atoms in total. The van der Waals surface area contributed by atoms with Crippen LogP contribution in [0.15, 0.2) is 5.51 Å². The van der Waals surface area contributed by atoms with Gasteiger partial charge in [0.1, 0.15) is 0 Å². The van der Waals surface area contributed by atoms with Gasteiger partial charge in [0, 0.05) is 18.1 Å². The summed E-state index contributed by atoms with van der Waals surface area (Å²) in [5.41, 5.74) is 9.38. The van der Waals surface area contributed by atoms with Crippen LogP contribution >= 0.6 is 11.3 Å². The van der Waals surface area contributed by atoms with Crippen molar-refractivity contribution in [3.05, 3.63) is 16.1 Å². The third kappa shape index (κ3) is 2.62. The number of rotatable bonds is 4. The van der Waals surface area contributed by atoms with Crippen LogP contribution in [0.5, 0.6) is 0 Å². The van der Waals surface area contributed by atoms with E-state index in [9.17, 15) is 0 Å². The van der Waals surface area contributed by atoms with Crippen molar-refractivity contribution in [2.24, 2.45) is 11.1 Å². The average Bonchev–Trinajstić information content (AvgIpc) is 2.74. The molecule has 0 saturated carbocycles. The van der Waals surface area contributed by atoms with Crippen LogP contribution in [0.4, 0.5) is 0 Å². The average molecular weight is 240 g/mol. The van der Waals surface area contributed by atoms with Crippen LogP contribution in [0.25, 0.3) is 0 Å². The summed E-state index contributed by atoms with van der Waals surface area (Å²) >= 11 is 1.76. The predicted octanol–water partition coefficient (Wildman–Crippen LogP) is 2.14. The van der Waals surface area contributed by atoms with Gasteiger partial charge in [0.2, 0.25) is 0 Å². The van der Waals surface area contributed by atoms with E-state index in [4.69, 9.17) is 10.5 Å². The van der Waals surface area contributed by atoms with Crippen LogP contribution in [0.1, 0.15) is 29.8 Å². The molecule has 16 heavy (non-hydrogen) atoms. The standard InChI is InChI=1S/C12H20N2OS/c1-10-11(16-9-14-10)2-3-12(8-13)4-6-15-7-5-12/h9H,2-8,13H2,1H3. The lowest BCUT2D eigenvalue weighted by atomic mass is 9.76. The molecule has 4 heteroatoms. The SMILES string of the molecule is Cc1ncsc1CCC1(CN)CCOCC1. The van der Waals surface area contributed by atoms with Crippen molar-refractivity contribution in [3.8, 4) is 0 Å². The molecule has 0 spiro atoms. The largest absolute Gasteiger partial charge is 0.381 e. The normalized spacial score (nSPS) is 19.9. The zero-order valence-corrected chi connectivity index (χ0v) is 10.7. The van der Waals surface area contributed by atoms with Gasteiger partial charge in [0.25, 0.3) is 0 Å². The highest BCUT2D eigenvalue weighted by Crippen LogP contribution is 2.35. The first-order chi connectivity index (χ1) is 7.76. The smallest absolute Gasteiger partial charge is 0.0797 e. The summed E-state index contributed by atoms with van der Waals surface area (Å²) in [6.07, 6.45) is 4.52. The van der Waals surface area contributed by atoms with Crippen LogP contribution < -0.4 is 5.73 Å². The second-order valence-electron chi connectivity index (χ2n) is 4.68. The quantitative estimate of drug-likeness (QED) is 0.877. The van der Waals surface area contributed by atoms with Gasteiger partial charge >= 0.3 is 0 Å². The molecule has 90 valence electrons. The van der Waals surface area contributed by atoms with Gasteiger partial charge in [0.15, 0.2) is 0 Å². The molecule has 0 aromatic carbocycles.